The Bertz CT molecular complexity index is 543. The van der Waals surface area contributed by atoms with Crippen molar-refractivity contribution in [2.24, 2.45) is 0 Å². The first-order chi connectivity index (χ1) is 8.42. The number of aliphatic hydroxyl groups excluding tert-OH is 1. The summed E-state index contributed by atoms with van der Waals surface area (Å²) in [5, 5.41) is 8.61. The van der Waals surface area contributed by atoms with E-state index in [0.29, 0.717) is 4.47 Å². The predicted molar refractivity (Wildman–Crippen MR) is 67.8 cm³/mol. The maximum atomic E-state index is 11.9. The number of sulfonamides is 1. The smallest absolute Gasteiger partial charge is 0.337 e. The number of nitrogens with one attached hydrogen (secondary N) is 1. The molecule has 0 bridgehead atoms. The van der Waals surface area contributed by atoms with Gasteiger partial charge in [-0.05, 0) is 34.1 Å². The summed E-state index contributed by atoms with van der Waals surface area (Å²) < 4.78 is 30.8. The van der Waals surface area contributed by atoms with Gasteiger partial charge in [0.25, 0.3) is 0 Å². The predicted octanol–water partition coefficient (Wildman–Crippen LogP) is 0.506. The monoisotopic (exact) mass is 337 g/mol. The highest BCUT2D eigenvalue weighted by molar-refractivity contribution is 9.10. The second kappa shape index (κ2) is 6.28. The number of benzene rings is 1. The van der Waals surface area contributed by atoms with Gasteiger partial charge in [0, 0.05) is 11.0 Å². The van der Waals surface area contributed by atoms with Gasteiger partial charge >= 0.3 is 5.97 Å². The van der Waals surface area contributed by atoms with Crippen molar-refractivity contribution in [3.05, 3.63) is 28.2 Å². The van der Waals surface area contributed by atoms with Crippen LogP contribution in [0.2, 0.25) is 0 Å². The number of aliphatic hydroxyl groups is 1. The molecule has 0 saturated heterocycles. The van der Waals surface area contributed by atoms with Crippen LogP contribution in [0, 0.1) is 0 Å². The van der Waals surface area contributed by atoms with Crippen LogP contribution in [-0.4, -0.2) is 39.8 Å². The molecule has 0 aliphatic heterocycles. The molecule has 0 atom stereocenters. The third kappa shape index (κ3) is 3.52. The fourth-order valence-corrected chi connectivity index (χ4v) is 3.22. The molecule has 18 heavy (non-hydrogen) atoms. The van der Waals surface area contributed by atoms with Crippen molar-refractivity contribution in [1.82, 2.24) is 4.72 Å². The second-order valence-corrected chi connectivity index (χ2v) is 5.85. The minimum Gasteiger partial charge on any atom is -0.465 e. The maximum Gasteiger partial charge on any atom is 0.337 e. The third-order valence-corrected chi connectivity index (χ3v) is 4.50. The van der Waals surface area contributed by atoms with Crippen LogP contribution < -0.4 is 4.72 Å². The lowest BCUT2D eigenvalue weighted by Crippen LogP contribution is -2.27. The van der Waals surface area contributed by atoms with E-state index in [1.54, 1.807) is 0 Å². The highest BCUT2D eigenvalue weighted by Crippen LogP contribution is 2.23. The van der Waals surface area contributed by atoms with Gasteiger partial charge in [-0.15, -0.1) is 0 Å². The lowest BCUT2D eigenvalue weighted by molar-refractivity contribution is 0.0600. The Labute approximate surface area is 113 Å². The molecule has 1 aromatic carbocycles. The number of esters is 1. The first kappa shape index (κ1) is 15.1. The van der Waals surface area contributed by atoms with Crippen molar-refractivity contribution in [1.29, 1.82) is 0 Å². The van der Waals surface area contributed by atoms with Crippen molar-refractivity contribution < 1.29 is 23.1 Å². The van der Waals surface area contributed by atoms with E-state index < -0.39 is 16.0 Å². The summed E-state index contributed by atoms with van der Waals surface area (Å²) in [6.07, 6.45) is 0. The van der Waals surface area contributed by atoms with Crippen LogP contribution in [0.5, 0.6) is 0 Å². The van der Waals surface area contributed by atoms with Gasteiger partial charge in [-0.25, -0.2) is 17.9 Å². The van der Waals surface area contributed by atoms with E-state index >= 15 is 0 Å². The van der Waals surface area contributed by atoms with E-state index in [4.69, 9.17) is 5.11 Å². The normalized spacial score (nSPS) is 11.3. The van der Waals surface area contributed by atoms with Gasteiger partial charge in [-0.1, -0.05) is 0 Å². The number of carbonyl (C=O) groups excluding carboxylic acids is 1. The largest absolute Gasteiger partial charge is 0.465 e. The molecule has 0 heterocycles. The molecule has 0 aromatic heterocycles. The summed E-state index contributed by atoms with van der Waals surface area (Å²) in [5.74, 6) is -0.624. The Kier molecular flexibility index (Phi) is 5.27. The number of carbonyl (C=O) groups is 1. The number of hydrogen-bond donors (Lipinski definition) is 2. The number of ether oxygens (including phenoxy) is 1. The van der Waals surface area contributed by atoms with Crippen LogP contribution in [0.15, 0.2) is 27.6 Å². The summed E-state index contributed by atoms with van der Waals surface area (Å²) in [6.45, 7) is -0.412. The molecule has 0 aliphatic rings. The number of rotatable bonds is 5. The van der Waals surface area contributed by atoms with Gasteiger partial charge in [-0.3, -0.25) is 0 Å². The van der Waals surface area contributed by atoms with Crippen LogP contribution in [-0.2, 0) is 14.8 Å². The fraction of sp³-hybridized carbons (Fsp3) is 0.300. The van der Waals surface area contributed by atoms with Crippen LogP contribution in [0.25, 0.3) is 0 Å². The molecule has 8 heteroatoms. The van der Waals surface area contributed by atoms with Crippen LogP contribution in [0.3, 0.4) is 0 Å². The summed E-state index contributed by atoms with van der Waals surface area (Å²) in [4.78, 5) is 11.2. The third-order valence-electron chi connectivity index (χ3n) is 2.05. The molecule has 1 rings (SSSR count). The van der Waals surface area contributed by atoms with Crippen molar-refractivity contribution in [3.8, 4) is 0 Å². The van der Waals surface area contributed by atoms with Gasteiger partial charge in [0.05, 0.1) is 24.2 Å². The van der Waals surface area contributed by atoms with Gasteiger partial charge in [0.15, 0.2) is 0 Å². The Hall–Kier alpha value is -0.960. The first-order valence-corrected chi connectivity index (χ1v) is 7.18. The molecule has 0 amide bonds. The van der Waals surface area contributed by atoms with Crippen molar-refractivity contribution in [3.63, 3.8) is 0 Å². The molecular weight excluding hydrogens is 326 g/mol. The van der Waals surface area contributed by atoms with Gasteiger partial charge in [0.1, 0.15) is 0 Å². The molecule has 6 nitrogen and oxygen atoms in total. The van der Waals surface area contributed by atoms with Gasteiger partial charge in [0.2, 0.25) is 10.0 Å². The first-order valence-electron chi connectivity index (χ1n) is 4.90. The van der Waals surface area contributed by atoms with Gasteiger partial charge in [-0.2, -0.15) is 0 Å². The summed E-state index contributed by atoms with van der Waals surface area (Å²) >= 11 is 3.10. The molecule has 100 valence electrons. The molecular formula is C10H12BrNO5S. The van der Waals surface area contributed by atoms with E-state index in [2.05, 4.69) is 25.4 Å². The van der Waals surface area contributed by atoms with Crippen LogP contribution in [0.4, 0.5) is 0 Å². The highest BCUT2D eigenvalue weighted by Gasteiger charge is 2.19. The number of halogens is 1. The Morgan fingerprint density at radius 1 is 1.50 bits per heavy atom. The molecule has 1 aromatic rings. The van der Waals surface area contributed by atoms with Crippen molar-refractivity contribution in [2.45, 2.75) is 4.90 Å². The van der Waals surface area contributed by atoms with E-state index in [-0.39, 0.29) is 23.6 Å². The molecule has 2 N–H and O–H groups in total. The Balaban J connectivity index is 3.19. The molecule has 0 fully saturated rings. The highest BCUT2D eigenvalue weighted by atomic mass is 79.9. The Morgan fingerprint density at radius 2 is 2.17 bits per heavy atom. The van der Waals surface area contributed by atoms with E-state index in [1.165, 1.54) is 25.3 Å². The van der Waals surface area contributed by atoms with Crippen molar-refractivity contribution >= 4 is 31.9 Å². The molecule has 0 radical (unpaired) electrons. The quantitative estimate of drug-likeness (QED) is 0.763. The van der Waals surface area contributed by atoms with Gasteiger partial charge < -0.3 is 9.84 Å². The average molecular weight is 338 g/mol. The number of hydrogen-bond acceptors (Lipinski definition) is 5. The zero-order chi connectivity index (χ0) is 13.8. The summed E-state index contributed by atoms with van der Waals surface area (Å²) in [5.41, 5.74) is 0.130. The maximum absolute atomic E-state index is 11.9. The zero-order valence-electron chi connectivity index (χ0n) is 9.51. The molecule has 0 saturated carbocycles. The Morgan fingerprint density at radius 3 is 2.72 bits per heavy atom. The zero-order valence-corrected chi connectivity index (χ0v) is 11.9. The standard InChI is InChI=1S/C10H12BrNO5S/c1-17-10(14)7-2-3-8(11)9(6-7)18(15,16)12-4-5-13/h2-3,6,12-13H,4-5H2,1H3. The minimum atomic E-state index is -3.78. The number of methoxy groups -OCH3 is 1. The van der Waals surface area contributed by atoms with Crippen molar-refractivity contribution in [2.75, 3.05) is 20.3 Å². The summed E-state index contributed by atoms with van der Waals surface area (Å²) in [7, 11) is -2.57. The topological polar surface area (TPSA) is 92.7 Å². The molecule has 0 spiro atoms. The fourth-order valence-electron chi connectivity index (χ4n) is 1.21. The molecule has 0 unspecified atom stereocenters. The molecule has 0 aliphatic carbocycles. The lowest BCUT2D eigenvalue weighted by atomic mass is 10.2. The van der Waals surface area contributed by atoms with Crippen LogP contribution in [0.1, 0.15) is 10.4 Å². The second-order valence-electron chi connectivity index (χ2n) is 3.26. The van der Waals surface area contributed by atoms with E-state index in [9.17, 15) is 13.2 Å². The lowest BCUT2D eigenvalue weighted by Gasteiger charge is -2.08. The van der Waals surface area contributed by atoms with E-state index in [1.807, 2.05) is 0 Å². The van der Waals surface area contributed by atoms with Crippen LogP contribution >= 0.6 is 15.9 Å². The minimum absolute atomic E-state index is 0.0844. The average Bonchev–Trinajstić information content (AvgIpc) is 2.35. The SMILES string of the molecule is COC(=O)c1ccc(Br)c(S(=O)(=O)NCCO)c1. The van der Waals surface area contributed by atoms with E-state index in [0.717, 1.165) is 0 Å². The summed E-state index contributed by atoms with van der Waals surface area (Å²) in [6, 6.07) is 4.09.